The third-order valence-electron chi connectivity index (χ3n) is 2.47. The van der Waals surface area contributed by atoms with Crippen molar-refractivity contribution in [2.24, 2.45) is 0 Å². The highest BCUT2D eigenvalue weighted by molar-refractivity contribution is 6.39. The van der Waals surface area contributed by atoms with E-state index < -0.39 is 0 Å². The summed E-state index contributed by atoms with van der Waals surface area (Å²) < 4.78 is 0. The average Bonchev–Trinajstić information content (AvgIpc) is 2.17. The summed E-state index contributed by atoms with van der Waals surface area (Å²) in [5.41, 5.74) is 7.16. The second-order valence-corrected chi connectivity index (χ2v) is 4.38. The Kier molecular flexibility index (Phi) is 3.24. The van der Waals surface area contributed by atoms with Crippen molar-refractivity contribution in [1.82, 2.24) is 5.32 Å². The average molecular weight is 246 g/mol. The first-order valence-corrected chi connectivity index (χ1v) is 5.64. The fourth-order valence-electron chi connectivity index (χ4n) is 1.78. The molecule has 0 atom stereocenters. The molecule has 15 heavy (non-hydrogen) atoms. The topological polar surface area (TPSA) is 41.3 Å². The number of rotatable bonds is 1. The predicted octanol–water partition coefficient (Wildman–Crippen LogP) is 1.99. The van der Waals surface area contributed by atoms with Gasteiger partial charge in [-0.3, -0.25) is 0 Å². The van der Waals surface area contributed by atoms with Crippen molar-refractivity contribution in [2.45, 2.75) is 0 Å². The van der Waals surface area contributed by atoms with Gasteiger partial charge in [-0.25, -0.2) is 0 Å². The minimum atomic E-state index is 0.601. The van der Waals surface area contributed by atoms with Gasteiger partial charge >= 0.3 is 0 Å². The summed E-state index contributed by atoms with van der Waals surface area (Å²) in [7, 11) is 0. The van der Waals surface area contributed by atoms with E-state index in [-0.39, 0.29) is 0 Å². The Morgan fingerprint density at radius 1 is 1.13 bits per heavy atom. The van der Waals surface area contributed by atoms with E-state index in [1.54, 1.807) is 12.1 Å². The minimum Gasteiger partial charge on any atom is -0.399 e. The van der Waals surface area contributed by atoms with Gasteiger partial charge in [-0.1, -0.05) is 23.2 Å². The van der Waals surface area contributed by atoms with E-state index in [0.29, 0.717) is 15.7 Å². The SMILES string of the molecule is Nc1cc(Cl)c(N2CCNCC2)c(Cl)c1. The van der Waals surface area contributed by atoms with E-state index in [0.717, 1.165) is 31.9 Å². The first-order chi connectivity index (χ1) is 7.18. The Bertz CT molecular complexity index is 339. The van der Waals surface area contributed by atoms with Crippen LogP contribution in [0.4, 0.5) is 11.4 Å². The zero-order valence-electron chi connectivity index (χ0n) is 8.26. The lowest BCUT2D eigenvalue weighted by molar-refractivity contribution is 0.589. The molecule has 0 spiro atoms. The van der Waals surface area contributed by atoms with E-state index in [2.05, 4.69) is 10.2 Å². The number of hydrogen-bond acceptors (Lipinski definition) is 3. The van der Waals surface area contributed by atoms with E-state index in [1.165, 1.54) is 0 Å². The van der Waals surface area contributed by atoms with Gasteiger partial charge in [0.25, 0.3) is 0 Å². The second kappa shape index (κ2) is 4.47. The van der Waals surface area contributed by atoms with Crippen LogP contribution >= 0.6 is 23.2 Å². The van der Waals surface area contributed by atoms with Crippen molar-refractivity contribution < 1.29 is 0 Å². The fraction of sp³-hybridized carbons (Fsp3) is 0.400. The molecule has 3 N–H and O–H groups in total. The van der Waals surface area contributed by atoms with Crippen LogP contribution in [0.15, 0.2) is 12.1 Å². The maximum absolute atomic E-state index is 6.14. The van der Waals surface area contributed by atoms with Gasteiger partial charge in [-0.15, -0.1) is 0 Å². The summed E-state index contributed by atoms with van der Waals surface area (Å²) >= 11 is 12.3. The van der Waals surface area contributed by atoms with Crippen LogP contribution in [0.1, 0.15) is 0 Å². The quantitative estimate of drug-likeness (QED) is 0.744. The number of piperazine rings is 1. The second-order valence-electron chi connectivity index (χ2n) is 3.57. The molecule has 5 heteroatoms. The van der Waals surface area contributed by atoms with Crippen molar-refractivity contribution in [1.29, 1.82) is 0 Å². The lowest BCUT2D eigenvalue weighted by atomic mass is 10.2. The molecule has 0 aromatic heterocycles. The summed E-state index contributed by atoms with van der Waals surface area (Å²) in [6.45, 7) is 3.75. The molecule has 0 radical (unpaired) electrons. The van der Waals surface area contributed by atoms with Crippen molar-refractivity contribution in [3.63, 3.8) is 0 Å². The summed E-state index contributed by atoms with van der Waals surface area (Å²) in [4.78, 5) is 2.18. The minimum absolute atomic E-state index is 0.601. The molecule has 1 aliphatic heterocycles. The van der Waals surface area contributed by atoms with Gasteiger partial charge in [-0.05, 0) is 12.1 Å². The summed E-state index contributed by atoms with van der Waals surface area (Å²) in [6, 6.07) is 3.48. The Morgan fingerprint density at radius 2 is 1.67 bits per heavy atom. The Morgan fingerprint density at radius 3 is 2.20 bits per heavy atom. The molecule has 0 unspecified atom stereocenters. The number of nitrogen functional groups attached to an aromatic ring is 1. The van der Waals surface area contributed by atoms with Crippen LogP contribution in [0.25, 0.3) is 0 Å². The molecule has 1 heterocycles. The third-order valence-corrected chi connectivity index (χ3v) is 3.05. The van der Waals surface area contributed by atoms with Crippen molar-refractivity contribution in [2.75, 3.05) is 36.8 Å². The van der Waals surface area contributed by atoms with Crippen LogP contribution in [0.5, 0.6) is 0 Å². The standard InChI is InChI=1S/C10H13Cl2N3/c11-8-5-7(13)6-9(12)10(8)15-3-1-14-2-4-15/h5-6,14H,1-4,13H2. The highest BCUT2D eigenvalue weighted by Crippen LogP contribution is 2.35. The molecular weight excluding hydrogens is 233 g/mol. The maximum Gasteiger partial charge on any atom is 0.0747 e. The van der Waals surface area contributed by atoms with Gasteiger partial charge in [-0.2, -0.15) is 0 Å². The molecule has 0 saturated carbocycles. The van der Waals surface area contributed by atoms with Gasteiger partial charge < -0.3 is 16.0 Å². The molecule has 0 amide bonds. The van der Waals surface area contributed by atoms with Crippen molar-refractivity contribution in [3.05, 3.63) is 22.2 Å². The smallest absolute Gasteiger partial charge is 0.0747 e. The number of nitrogens with zero attached hydrogens (tertiary/aromatic N) is 1. The molecular formula is C10H13Cl2N3. The monoisotopic (exact) mass is 245 g/mol. The van der Waals surface area contributed by atoms with Crippen LogP contribution in [0.3, 0.4) is 0 Å². The lowest BCUT2D eigenvalue weighted by Gasteiger charge is -2.31. The van der Waals surface area contributed by atoms with Crippen LogP contribution in [0, 0.1) is 0 Å². The van der Waals surface area contributed by atoms with Gasteiger partial charge in [0.15, 0.2) is 0 Å². The molecule has 2 rings (SSSR count). The number of hydrogen-bond donors (Lipinski definition) is 2. The van der Waals surface area contributed by atoms with Crippen LogP contribution in [-0.2, 0) is 0 Å². The summed E-state index contributed by atoms with van der Waals surface area (Å²) in [5.74, 6) is 0. The predicted molar refractivity (Wildman–Crippen MR) is 66.0 cm³/mol. The molecule has 1 aromatic rings. The molecule has 1 aromatic carbocycles. The lowest BCUT2D eigenvalue weighted by Crippen LogP contribution is -2.43. The molecule has 1 saturated heterocycles. The number of nitrogens with one attached hydrogen (secondary N) is 1. The zero-order chi connectivity index (χ0) is 10.8. The molecule has 0 bridgehead atoms. The molecule has 1 aliphatic rings. The van der Waals surface area contributed by atoms with Crippen LogP contribution < -0.4 is 16.0 Å². The fourth-order valence-corrected chi connectivity index (χ4v) is 2.52. The normalized spacial score (nSPS) is 16.8. The summed E-state index contributed by atoms with van der Waals surface area (Å²) in [5, 5.41) is 4.54. The zero-order valence-corrected chi connectivity index (χ0v) is 9.78. The van der Waals surface area contributed by atoms with E-state index >= 15 is 0 Å². The van der Waals surface area contributed by atoms with E-state index in [4.69, 9.17) is 28.9 Å². The van der Waals surface area contributed by atoms with E-state index in [9.17, 15) is 0 Å². The summed E-state index contributed by atoms with van der Waals surface area (Å²) in [6.07, 6.45) is 0. The number of benzene rings is 1. The van der Waals surface area contributed by atoms with Gasteiger partial charge in [0.05, 0.1) is 15.7 Å². The van der Waals surface area contributed by atoms with Gasteiger partial charge in [0.1, 0.15) is 0 Å². The number of anilines is 2. The highest BCUT2D eigenvalue weighted by atomic mass is 35.5. The van der Waals surface area contributed by atoms with Crippen LogP contribution in [-0.4, -0.2) is 26.2 Å². The molecule has 3 nitrogen and oxygen atoms in total. The number of nitrogens with two attached hydrogens (primary N) is 1. The van der Waals surface area contributed by atoms with Crippen molar-refractivity contribution in [3.8, 4) is 0 Å². The van der Waals surface area contributed by atoms with Gasteiger partial charge in [0, 0.05) is 31.9 Å². The molecule has 1 fully saturated rings. The largest absolute Gasteiger partial charge is 0.399 e. The first kappa shape index (κ1) is 10.9. The van der Waals surface area contributed by atoms with Crippen molar-refractivity contribution >= 4 is 34.6 Å². The van der Waals surface area contributed by atoms with Gasteiger partial charge in [0.2, 0.25) is 0 Å². The Labute approximate surface area is 99.1 Å². The maximum atomic E-state index is 6.14. The highest BCUT2D eigenvalue weighted by Gasteiger charge is 2.16. The Balaban J connectivity index is 2.33. The first-order valence-electron chi connectivity index (χ1n) is 4.88. The Hall–Kier alpha value is -0.640. The third kappa shape index (κ3) is 2.30. The molecule has 82 valence electrons. The van der Waals surface area contributed by atoms with E-state index in [1.807, 2.05) is 0 Å². The number of halogens is 2. The van der Waals surface area contributed by atoms with Crippen LogP contribution in [0.2, 0.25) is 10.0 Å². The molecule has 0 aliphatic carbocycles.